The maximum Gasteiger partial charge on any atom is 0.266 e. The summed E-state index contributed by atoms with van der Waals surface area (Å²) in [7, 11) is -4.19. The molecule has 0 fully saturated rings. The molecule has 2 rings (SSSR count). The molecule has 0 atom stereocenters. The zero-order chi connectivity index (χ0) is 14.2. The smallest absolute Gasteiger partial charge is 0.255 e. The second-order valence-electron chi connectivity index (χ2n) is 3.84. The lowest BCUT2D eigenvalue weighted by molar-refractivity contribution is 0.555. The van der Waals surface area contributed by atoms with Crippen molar-refractivity contribution in [2.45, 2.75) is 18.7 Å². The Morgan fingerprint density at radius 3 is 2.53 bits per heavy atom. The van der Waals surface area contributed by atoms with Crippen molar-refractivity contribution in [1.82, 2.24) is 4.98 Å². The lowest BCUT2D eigenvalue weighted by atomic mass is 10.3. The summed E-state index contributed by atoms with van der Waals surface area (Å²) in [4.78, 5) is 4.09. The van der Waals surface area contributed by atoms with Crippen molar-refractivity contribution < 1.29 is 17.2 Å². The molecule has 1 aromatic carbocycles. The molecule has 19 heavy (non-hydrogen) atoms. The summed E-state index contributed by atoms with van der Waals surface area (Å²) in [6.45, 7) is 3.51. The number of aryl methyl sites for hydroxylation is 2. The van der Waals surface area contributed by atoms with E-state index in [0.29, 0.717) is 11.8 Å². The molecule has 0 radical (unpaired) electrons. The van der Waals surface area contributed by atoms with E-state index >= 15 is 0 Å². The molecule has 8 heteroatoms. The maximum atomic E-state index is 13.4. The van der Waals surface area contributed by atoms with Crippen LogP contribution in [-0.4, -0.2) is 13.4 Å². The van der Waals surface area contributed by atoms with Crippen LogP contribution in [-0.2, 0) is 10.0 Å². The topological polar surface area (TPSA) is 59.1 Å². The molecule has 0 spiro atoms. The van der Waals surface area contributed by atoms with Gasteiger partial charge >= 0.3 is 0 Å². The number of halogens is 2. The first-order valence-corrected chi connectivity index (χ1v) is 7.51. The van der Waals surface area contributed by atoms with Crippen LogP contribution in [0.25, 0.3) is 0 Å². The Hall–Kier alpha value is -1.54. The van der Waals surface area contributed by atoms with Gasteiger partial charge in [-0.15, -0.1) is 11.3 Å². The van der Waals surface area contributed by atoms with Gasteiger partial charge in [-0.1, -0.05) is 0 Å². The molecule has 0 saturated carbocycles. The predicted molar refractivity (Wildman–Crippen MR) is 68.8 cm³/mol. The zero-order valence-electron chi connectivity index (χ0n) is 10.1. The minimum atomic E-state index is -4.19. The molecule has 0 bridgehead atoms. The Balaban J connectivity index is 2.40. The lowest BCUT2D eigenvalue weighted by Crippen LogP contribution is -2.14. The average Bonchev–Trinajstić information content (AvgIpc) is 2.60. The third-order valence-corrected chi connectivity index (χ3v) is 4.90. The molecule has 0 aliphatic carbocycles. The van der Waals surface area contributed by atoms with Crippen molar-refractivity contribution in [1.29, 1.82) is 0 Å². The molecule has 0 aliphatic rings. The lowest BCUT2D eigenvalue weighted by Gasteiger charge is -2.06. The van der Waals surface area contributed by atoms with Crippen LogP contribution >= 0.6 is 11.3 Å². The number of benzene rings is 1. The highest BCUT2D eigenvalue weighted by atomic mass is 32.2. The van der Waals surface area contributed by atoms with E-state index in [-0.39, 0.29) is 5.13 Å². The molecule has 0 unspecified atom stereocenters. The van der Waals surface area contributed by atoms with Gasteiger partial charge in [-0.05, 0) is 32.0 Å². The Morgan fingerprint density at radius 1 is 1.26 bits per heavy atom. The normalized spacial score (nSPS) is 11.6. The highest BCUT2D eigenvalue weighted by Gasteiger charge is 2.21. The molecule has 4 nitrogen and oxygen atoms in total. The monoisotopic (exact) mass is 304 g/mol. The summed E-state index contributed by atoms with van der Waals surface area (Å²) in [6, 6.07) is 2.25. The van der Waals surface area contributed by atoms with Gasteiger partial charge in [0.1, 0.15) is 16.5 Å². The molecular formula is C11H10F2N2O2S2. The summed E-state index contributed by atoms with van der Waals surface area (Å²) in [6.07, 6.45) is 0. The van der Waals surface area contributed by atoms with E-state index in [4.69, 9.17) is 0 Å². The van der Waals surface area contributed by atoms with Gasteiger partial charge in [-0.3, -0.25) is 4.72 Å². The first-order chi connectivity index (χ1) is 8.79. The number of nitrogens with one attached hydrogen (secondary N) is 1. The Labute approximate surface area is 113 Å². The number of sulfonamides is 1. The Bertz CT molecular complexity index is 707. The predicted octanol–water partition coefficient (Wildman–Crippen LogP) is 2.84. The highest BCUT2D eigenvalue weighted by Crippen LogP contribution is 2.25. The first kappa shape index (κ1) is 13.9. The van der Waals surface area contributed by atoms with E-state index in [1.165, 1.54) is 0 Å². The molecule has 1 heterocycles. The summed E-state index contributed by atoms with van der Waals surface area (Å²) in [5.41, 5.74) is 0.683. The summed E-state index contributed by atoms with van der Waals surface area (Å²) >= 11 is 1.13. The van der Waals surface area contributed by atoms with Gasteiger partial charge in [0.25, 0.3) is 10.0 Å². The van der Waals surface area contributed by atoms with Crippen LogP contribution in [0.1, 0.15) is 10.6 Å². The Kier molecular flexibility index (Phi) is 3.55. The average molecular weight is 304 g/mol. The van der Waals surface area contributed by atoms with E-state index in [0.717, 1.165) is 28.3 Å². The van der Waals surface area contributed by atoms with Crippen molar-refractivity contribution in [3.8, 4) is 0 Å². The highest BCUT2D eigenvalue weighted by molar-refractivity contribution is 7.93. The van der Waals surface area contributed by atoms with E-state index in [1.807, 2.05) is 0 Å². The first-order valence-electron chi connectivity index (χ1n) is 5.21. The fourth-order valence-corrected chi connectivity index (χ4v) is 3.51. The van der Waals surface area contributed by atoms with Gasteiger partial charge < -0.3 is 0 Å². The Morgan fingerprint density at radius 2 is 1.95 bits per heavy atom. The standard InChI is InChI=1S/C11H10F2N2O2S2/c1-6-7(2)18-11(14-6)15-19(16,17)10-5-8(12)3-4-9(10)13/h3-5H,1-2H3,(H,14,15). The SMILES string of the molecule is Cc1nc(NS(=O)(=O)c2cc(F)ccc2F)sc1C. The fraction of sp³-hybridized carbons (Fsp3) is 0.182. The molecule has 0 amide bonds. The third kappa shape index (κ3) is 2.90. The second-order valence-corrected chi connectivity index (χ2v) is 6.69. The minimum Gasteiger partial charge on any atom is -0.255 e. The van der Waals surface area contributed by atoms with Crippen LogP contribution in [0.3, 0.4) is 0 Å². The quantitative estimate of drug-likeness (QED) is 0.948. The third-order valence-electron chi connectivity index (χ3n) is 2.43. The molecule has 1 aromatic heterocycles. The van der Waals surface area contributed by atoms with Gasteiger partial charge in [0.15, 0.2) is 5.13 Å². The number of hydrogen-bond acceptors (Lipinski definition) is 4. The van der Waals surface area contributed by atoms with Crippen molar-refractivity contribution in [3.63, 3.8) is 0 Å². The van der Waals surface area contributed by atoms with Crippen molar-refractivity contribution in [2.75, 3.05) is 4.72 Å². The van der Waals surface area contributed by atoms with Crippen LogP contribution in [0.15, 0.2) is 23.1 Å². The van der Waals surface area contributed by atoms with Crippen molar-refractivity contribution in [3.05, 3.63) is 40.4 Å². The van der Waals surface area contributed by atoms with E-state index < -0.39 is 26.6 Å². The summed E-state index contributed by atoms with van der Waals surface area (Å²) in [5, 5.41) is 0.124. The zero-order valence-corrected chi connectivity index (χ0v) is 11.7. The minimum absolute atomic E-state index is 0.124. The van der Waals surface area contributed by atoms with Crippen molar-refractivity contribution >= 4 is 26.5 Å². The summed E-state index contributed by atoms with van der Waals surface area (Å²) < 4.78 is 52.5. The molecule has 2 aromatic rings. The van der Waals surface area contributed by atoms with Crippen LogP contribution in [0.4, 0.5) is 13.9 Å². The van der Waals surface area contributed by atoms with E-state index in [1.54, 1.807) is 13.8 Å². The second kappa shape index (κ2) is 4.86. The largest absolute Gasteiger partial charge is 0.266 e. The molecular weight excluding hydrogens is 294 g/mol. The van der Waals surface area contributed by atoms with Crippen molar-refractivity contribution in [2.24, 2.45) is 0 Å². The van der Waals surface area contributed by atoms with Gasteiger partial charge in [0.05, 0.1) is 5.69 Å². The summed E-state index contributed by atoms with van der Waals surface area (Å²) in [5.74, 6) is -1.84. The maximum absolute atomic E-state index is 13.4. The van der Waals surface area contributed by atoms with E-state index in [2.05, 4.69) is 9.71 Å². The van der Waals surface area contributed by atoms with Crippen LogP contribution in [0.2, 0.25) is 0 Å². The van der Waals surface area contributed by atoms with Gasteiger partial charge in [-0.25, -0.2) is 22.2 Å². The molecule has 1 N–H and O–H groups in total. The number of aromatic nitrogens is 1. The van der Waals surface area contributed by atoms with Crippen LogP contribution in [0.5, 0.6) is 0 Å². The number of anilines is 1. The van der Waals surface area contributed by atoms with Gasteiger partial charge in [0.2, 0.25) is 0 Å². The van der Waals surface area contributed by atoms with Crippen LogP contribution in [0, 0.1) is 25.5 Å². The molecule has 0 saturated heterocycles. The van der Waals surface area contributed by atoms with Gasteiger partial charge in [0, 0.05) is 4.88 Å². The fourth-order valence-electron chi connectivity index (χ4n) is 1.37. The molecule has 0 aliphatic heterocycles. The van der Waals surface area contributed by atoms with E-state index in [9.17, 15) is 17.2 Å². The number of thiazole rings is 1. The molecule has 102 valence electrons. The number of rotatable bonds is 3. The number of hydrogen-bond donors (Lipinski definition) is 1. The number of nitrogens with zero attached hydrogens (tertiary/aromatic N) is 1. The van der Waals surface area contributed by atoms with Crippen LogP contribution < -0.4 is 4.72 Å². The van der Waals surface area contributed by atoms with Gasteiger partial charge in [-0.2, -0.15) is 0 Å².